The molecule has 0 saturated heterocycles. The monoisotopic (exact) mass is 254 g/mol. The van der Waals surface area contributed by atoms with Crippen LogP contribution in [0.2, 0.25) is 0 Å². The van der Waals surface area contributed by atoms with Gasteiger partial charge in [-0.15, -0.1) is 0 Å². The van der Waals surface area contributed by atoms with Crippen molar-refractivity contribution in [2.75, 3.05) is 6.61 Å². The number of aromatic nitrogens is 2. The predicted octanol–water partition coefficient (Wildman–Crippen LogP) is 1.85. The van der Waals surface area contributed by atoms with Gasteiger partial charge in [-0.05, 0) is 18.4 Å². The normalized spacial score (nSPS) is 9.53. The molecule has 0 unspecified atom stereocenters. The molecule has 0 N–H and O–H groups in total. The Morgan fingerprint density at radius 2 is 2.16 bits per heavy atom. The molecule has 0 atom stereocenters. The molecule has 4 heteroatoms. The van der Waals surface area contributed by atoms with E-state index in [1.807, 2.05) is 34.9 Å². The number of ether oxygens (including phenoxy) is 1. The fourth-order valence-electron chi connectivity index (χ4n) is 1.59. The molecule has 1 aromatic carbocycles. The van der Waals surface area contributed by atoms with Crippen LogP contribution < -0.4 is 0 Å². The maximum absolute atomic E-state index is 11.1. The molecule has 1 aromatic heterocycles. The smallest absolute Gasteiger partial charge is 0.384 e. The summed E-state index contributed by atoms with van der Waals surface area (Å²) in [4.78, 5) is 15.2. The lowest BCUT2D eigenvalue weighted by atomic mass is 10.2. The number of imidazole rings is 1. The van der Waals surface area contributed by atoms with Gasteiger partial charge in [0, 0.05) is 18.7 Å². The topological polar surface area (TPSA) is 44.1 Å². The van der Waals surface area contributed by atoms with Gasteiger partial charge in [-0.2, -0.15) is 0 Å². The predicted molar refractivity (Wildman–Crippen MR) is 71.3 cm³/mol. The second kappa shape index (κ2) is 6.41. The minimum atomic E-state index is -0.528. The lowest BCUT2D eigenvalue weighted by molar-refractivity contribution is -0.136. The van der Waals surface area contributed by atoms with Crippen molar-refractivity contribution < 1.29 is 9.53 Å². The van der Waals surface area contributed by atoms with Crippen LogP contribution in [-0.2, 0) is 16.1 Å². The number of esters is 1. The third-order valence-corrected chi connectivity index (χ3v) is 2.41. The minimum absolute atomic E-state index is 0.329. The van der Waals surface area contributed by atoms with Crippen LogP contribution in [0.25, 0.3) is 0 Å². The number of rotatable bonds is 3. The van der Waals surface area contributed by atoms with Crippen molar-refractivity contribution in [3.8, 4) is 11.8 Å². The Morgan fingerprint density at radius 1 is 1.37 bits per heavy atom. The van der Waals surface area contributed by atoms with Crippen molar-refractivity contribution in [1.29, 1.82) is 0 Å². The summed E-state index contributed by atoms with van der Waals surface area (Å²) in [6.07, 6.45) is 3.50. The van der Waals surface area contributed by atoms with Gasteiger partial charge >= 0.3 is 5.97 Å². The average molecular weight is 254 g/mol. The van der Waals surface area contributed by atoms with Crippen molar-refractivity contribution in [3.63, 3.8) is 0 Å². The molecule has 2 rings (SSSR count). The van der Waals surface area contributed by atoms with Crippen LogP contribution in [-0.4, -0.2) is 22.1 Å². The molecule has 1 heterocycles. The quantitative estimate of drug-likeness (QED) is 0.620. The van der Waals surface area contributed by atoms with Gasteiger partial charge in [0.2, 0.25) is 0 Å². The molecular weight excluding hydrogens is 240 g/mol. The molecule has 0 aliphatic heterocycles. The Kier molecular flexibility index (Phi) is 4.35. The van der Waals surface area contributed by atoms with Gasteiger partial charge in [0.25, 0.3) is 0 Å². The fraction of sp³-hybridized carbons (Fsp3) is 0.200. The Balaban J connectivity index is 2.01. The molecule has 0 spiro atoms. The number of carbonyl (C=O) groups excluding carboxylic acids is 1. The van der Waals surface area contributed by atoms with Gasteiger partial charge in [-0.1, -0.05) is 30.3 Å². The summed E-state index contributed by atoms with van der Waals surface area (Å²) in [6, 6.07) is 10.1. The molecule has 0 amide bonds. The van der Waals surface area contributed by atoms with Crippen LogP contribution in [0.15, 0.2) is 42.9 Å². The van der Waals surface area contributed by atoms with Gasteiger partial charge in [-0.3, -0.25) is 0 Å². The first-order chi connectivity index (χ1) is 9.28. The summed E-state index contributed by atoms with van der Waals surface area (Å²) >= 11 is 0. The number of nitrogens with zero attached hydrogens (tertiary/aromatic N) is 2. The third-order valence-electron chi connectivity index (χ3n) is 2.41. The average Bonchev–Trinajstić information content (AvgIpc) is 2.86. The highest BCUT2D eigenvalue weighted by Gasteiger charge is 1.98. The van der Waals surface area contributed by atoms with E-state index in [-0.39, 0.29) is 0 Å². The Bertz CT molecular complexity index is 606. The van der Waals surface area contributed by atoms with Crippen molar-refractivity contribution in [2.45, 2.75) is 13.5 Å². The molecule has 0 aliphatic carbocycles. The van der Waals surface area contributed by atoms with Crippen LogP contribution in [0.3, 0.4) is 0 Å². The SMILES string of the molecule is CCOC(=O)C#Cc1cn(Cc2ccccc2)cn1. The van der Waals surface area contributed by atoms with Crippen LogP contribution in [0, 0.1) is 11.8 Å². The van der Waals surface area contributed by atoms with Crippen LogP contribution in [0.4, 0.5) is 0 Å². The van der Waals surface area contributed by atoms with E-state index in [0.717, 1.165) is 6.54 Å². The molecular formula is C15H14N2O2. The number of benzene rings is 1. The highest BCUT2D eigenvalue weighted by atomic mass is 16.5. The summed E-state index contributed by atoms with van der Waals surface area (Å²) < 4.78 is 6.64. The van der Waals surface area contributed by atoms with E-state index < -0.39 is 5.97 Å². The second-order valence-electron chi connectivity index (χ2n) is 3.89. The number of hydrogen-bond acceptors (Lipinski definition) is 3. The highest BCUT2D eigenvalue weighted by Crippen LogP contribution is 2.03. The van der Waals surface area contributed by atoms with E-state index in [1.54, 1.807) is 19.4 Å². The van der Waals surface area contributed by atoms with Crippen molar-refractivity contribution >= 4 is 5.97 Å². The molecule has 0 aliphatic rings. The van der Waals surface area contributed by atoms with Gasteiger partial charge in [-0.25, -0.2) is 9.78 Å². The summed E-state index contributed by atoms with van der Waals surface area (Å²) in [7, 11) is 0. The zero-order valence-electron chi connectivity index (χ0n) is 10.7. The molecule has 96 valence electrons. The molecule has 19 heavy (non-hydrogen) atoms. The molecule has 4 nitrogen and oxygen atoms in total. The van der Waals surface area contributed by atoms with Gasteiger partial charge in [0.15, 0.2) is 0 Å². The van der Waals surface area contributed by atoms with Crippen LogP contribution >= 0.6 is 0 Å². The first-order valence-electron chi connectivity index (χ1n) is 6.02. The molecule has 0 fully saturated rings. The van der Waals surface area contributed by atoms with E-state index in [0.29, 0.717) is 12.3 Å². The van der Waals surface area contributed by atoms with Gasteiger partial charge in [0.1, 0.15) is 5.69 Å². The molecule has 0 saturated carbocycles. The van der Waals surface area contributed by atoms with Crippen LogP contribution in [0.5, 0.6) is 0 Å². The lowest BCUT2D eigenvalue weighted by Gasteiger charge is -2.00. The van der Waals surface area contributed by atoms with Gasteiger partial charge < -0.3 is 9.30 Å². The third kappa shape index (κ3) is 4.00. The van der Waals surface area contributed by atoms with E-state index in [1.165, 1.54) is 5.56 Å². The Morgan fingerprint density at radius 3 is 2.89 bits per heavy atom. The largest absolute Gasteiger partial charge is 0.456 e. The van der Waals surface area contributed by atoms with E-state index in [4.69, 9.17) is 4.74 Å². The van der Waals surface area contributed by atoms with E-state index in [2.05, 4.69) is 16.8 Å². The summed E-state index contributed by atoms with van der Waals surface area (Å²) in [5.74, 6) is 4.54. The second-order valence-corrected chi connectivity index (χ2v) is 3.89. The Labute approximate surface area is 112 Å². The minimum Gasteiger partial charge on any atom is -0.456 e. The zero-order valence-corrected chi connectivity index (χ0v) is 10.7. The van der Waals surface area contributed by atoms with Crippen LogP contribution in [0.1, 0.15) is 18.2 Å². The van der Waals surface area contributed by atoms with E-state index in [9.17, 15) is 4.79 Å². The van der Waals surface area contributed by atoms with Crippen molar-refractivity contribution in [2.24, 2.45) is 0 Å². The first kappa shape index (κ1) is 12.9. The van der Waals surface area contributed by atoms with Gasteiger partial charge in [0.05, 0.1) is 12.9 Å². The molecule has 0 bridgehead atoms. The zero-order chi connectivity index (χ0) is 13.5. The summed E-state index contributed by atoms with van der Waals surface area (Å²) in [6.45, 7) is 2.80. The highest BCUT2D eigenvalue weighted by molar-refractivity contribution is 5.88. The summed E-state index contributed by atoms with van der Waals surface area (Å²) in [5, 5.41) is 0. The molecule has 2 aromatic rings. The maximum atomic E-state index is 11.1. The van der Waals surface area contributed by atoms with Crippen molar-refractivity contribution in [1.82, 2.24) is 9.55 Å². The number of hydrogen-bond donors (Lipinski definition) is 0. The lowest BCUT2D eigenvalue weighted by Crippen LogP contribution is -1.99. The molecule has 0 radical (unpaired) electrons. The van der Waals surface area contributed by atoms with Crippen molar-refractivity contribution in [3.05, 3.63) is 54.1 Å². The first-order valence-corrected chi connectivity index (χ1v) is 6.02. The fourth-order valence-corrected chi connectivity index (χ4v) is 1.59. The van der Waals surface area contributed by atoms with E-state index >= 15 is 0 Å². The standard InChI is InChI=1S/C15H14N2O2/c1-2-19-15(18)9-8-14-11-17(12-16-14)10-13-6-4-3-5-7-13/h3-7,11-12H,2,10H2,1H3. The summed E-state index contributed by atoms with van der Waals surface area (Å²) in [5.41, 5.74) is 1.74. The maximum Gasteiger partial charge on any atom is 0.384 e. The Hall–Kier alpha value is -2.54. The number of carbonyl (C=O) groups is 1.